The number of fused-ring (bicyclic) bond motifs is 2. The van der Waals surface area contributed by atoms with E-state index < -0.39 is 0 Å². The van der Waals surface area contributed by atoms with Gasteiger partial charge in [0.05, 0.1) is 0 Å². The van der Waals surface area contributed by atoms with E-state index in [0.29, 0.717) is 0 Å². The highest BCUT2D eigenvalue weighted by molar-refractivity contribution is 4.90. The molecule has 18 heavy (non-hydrogen) atoms. The summed E-state index contributed by atoms with van der Waals surface area (Å²) in [5, 5.41) is 6.84. The number of rotatable bonds is 0. The second-order valence-electron chi connectivity index (χ2n) is 6.80. The van der Waals surface area contributed by atoms with Crippen LogP contribution in [0.25, 0.3) is 0 Å². The molecular weight excluding hydrogens is 224 g/mol. The van der Waals surface area contributed by atoms with Gasteiger partial charge in [-0.1, -0.05) is 0 Å². The van der Waals surface area contributed by atoms with Crippen LogP contribution in [0, 0.1) is 23.7 Å². The molecule has 0 saturated carbocycles. The van der Waals surface area contributed by atoms with E-state index >= 15 is 0 Å². The standard InChI is InChI=1S/2C7H14N2/c2*1-9-4-6-2-8-3-7(6)5-9/h2*6-8H,2-5H2,1H3/t2*6-,7+. The summed E-state index contributed by atoms with van der Waals surface area (Å²) in [5.41, 5.74) is 0. The van der Waals surface area contributed by atoms with Crippen molar-refractivity contribution in [3.8, 4) is 0 Å². The average molecular weight is 252 g/mol. The van der Waals surface area contributed by atoms with Gasteiger partial charge in [0.25, 0.3) is 0 Å². The topological polar surface area (TPSA) is 30.5 Å². The van der Waals surface area contributed by atoms with Crippen LogP contribution in [0.2, 0.25) is 0 Å². The molecule has 0 bridgehead atoms. The summed E-state index contributed by atoms with van der Waals surface area (Å²) < 4.78 is 0. The third kappa shape index (κ3) is 2.72. The Kier molecular flexibility index (Phi) is 3.89. The smallest absolute Gasteiger partial charge is 0.00225 e. The lowest BCUT2D eigenvalue weighted by molar-refractivity contribution is 0.382. The maximum Gasteiger partial charge on any atom is 0.00225 e. The molecule has 4 atom stereocenters. The van der Waals surface area contributed by atoms with Crippen LogP contribution in [0.4, 0.5) is 0 Å². The van der Waals surface area contributed by atoms with Gasteiger partial charge in [-0.15, -0.1) is 0 Å². The van der Waals surface area contributed by atoms with E-state index in [1.54, 1.807) is 0 Å². The Morgan fingerprint density at radius 1 is 0.611 bits per heavy atom. The third-order valence-electron chi connectivity index (χ3n) is 5.14. The molecule has 4 saturated heterocycles. The van der Waals surface area contributed by atoms with Gasteiger partial charge < -0.3 is 20.4 Å². The second kappa shape index (κ2) is 5.45. The van der Waals surface area contributed by atoms with Crippen LogP contribution >= 0.6 is 0 Å². The fourth-order valence-electron chi connectivity index (χ4n) is 4.18. The van der Waals surface area contributed by atoms with Crippen LogP contribution < -0.4 is 10.6 Å². The Morgan fingerprint density at radius 2 is 0.889 bits per heavy atom. The molecule has 0 amide bonds. The number of hydrogen-bond acceptors (Lipinski definition) is 4. The highest BCUT2D eigenvalue weighted by Crippen LogP contribution is 2.25. The van der Waals surface area contributed by atoms with Gasteiger partial charge in [-0.05, 0) is 63.9 Å². The molecule has 0 radical (unpaired) electrons. The molecule has 4 fully saturated rings. The number of hydrogen-bond donors (Lipinski definition) is 2. The lowest BCUT2D eigenvalue weighted by Crippen LogP contribution is -2.21. The summed E-state index contributed by atoms with van der Waals surface area (Å²) in [6.45, 7) is 10.3. The maximum absolute atomic E-state index is 3.42. The molecule has 0 aliphatic carbocycles. The van der Waals surface area contributed by atoms with Crippen molar-refractivity contribution in [1.82, 2.24) is 20.4 Å². The van der Waals surface area contributed by atoms with Crippen LogP contribution in [0.15, 0.2) is 0 Å². The fraction of sp³-hybridized carbons (Fsp3) is 1.00. The highest BCUT2D eigenvalue weighted by Gasteiger charge is 2.34. The Balaban J connectivity index is 0.000000111. The largest absolute Gasteiger partial charge is 0.316 e. The first-order valence-corrected chi connectivity index (χ1v) is 7.51. The highest BCUT2D eigenvalue weighted by atomic mass is 15.2. The van der Waals surface area contributed by atoms with E-state index in [1.807, 2.05) is 0 Å². The summed E-state index contributed by atoms with van der Waals surface area (Å²) in [5.74, 6) is 3.87. The Labute approximate surface area is 111 Å². The van der Waals surface area contributed by atoms with Crippen molar-refractivity contribution >= 4 is 0 Å². The molecule has 0 aromatic carbocycles. The van der Waals surface area contributed by atoms with Gasteiger partial charge in [0.2, 0.25) is 0 Å². The summed E-state index contributed by atoms with van der Waals surface area (Å²) in [6.07, 6.45) is 0. The number of nitrogens with zero attached hydrogens (tertiary/aromatic N) is 2. The summed E-state index contributed by atoms with van der Waals surface area (Å²) in [7, 11) is 4.44. The normalized spacial score (nSPS) is 43.7. The molecule has 104 valence electrons. The van der Waals surface area contributed by atoms with Gasteiger partial charge >= 0.3 is 0 Å². The minimum Gasteiger partial charge on any atom is -0.316 e. The average Bonchev–Trinajstić information content (AvgIpc) is 2.97. The van der Waals surface area contributed by atoms with Crippen molar-refractivity contribution in [2.45, 2.75) is 0 Å². The summed E-state index contributed by atoms with van der Waals surface area (Å²) >= 11 is 0. The van der Waals surface area contributed by atoms with Crippen molar-refractivity contribution in [1.29, 1.82) is 0 Å². The zero-order chi connectivity index (χ0) is 12.5. The lowest BCUT2D eigenvalue weighted by atomic mass is 10.0. The predicted molar refractivity (Wildman–Crippen MR) is 74.7 cm³/mol. The van der Waals surface area contributed by atoms with E-state index in [0.717, 1.165) is 23.7 Å². The molecule has 4 rings (SSSR count). The number of likely N-dealkylation sites (tertiary alicyclic amines) is 2. The fourth-order valence-corrected chi connectivity index (χ4v) is 4.18. The van der Waals surface area contributed by atoms with Crippen LogP contribution in [0.5, 0.6) is 0 Å². The molecule has 2 N–H and O–H groups in total. The molecule has 4 aliphatic heterocycles. The van der Waals surface area contributed by atoms with Gasteiger partial charge in [-0.2, -0.15) is 0 Å². The van der Waals surface area contributed by atoms with Crippen LogP contribution in [-0.4, -0.2) is 76.3 Å². The summed E-state index contributed by atoms with van der Waals surface area (Å²) in [4.78, 5) is 4.88. The number of nitrogens with one attached hydrogen (secondary N) is 2. The van der Waals surface area contributed by atoms with E-state index in [1.165, 1.54) is 52.4 Å². The predicted octanol–water partition coefficient (Wildman–Crippen LogP) is -0.465. The van der Waals surface area contributed by atoms with Crippen molar-refractivity contribution in [2.24, 2.45) is 23.7 Å². The quantitative estimate of drug-likeness (QED) is 0.610. The molecule has 0 spiro atoms. The minimum atomic E-state index is 0.968. The zero-order valence-electron chi connectivity index (χ0n) is 11.9. The SMILES string of the molecule is CN1C[C@H]2CNC[C@H]2C1.CN1C[C@H]2CNC[C@H]2C1. The van der Waals surface area contributed by atoms with Crippen molar-refractivity contribution in [2.75, 3.05) is 66.5 Å². The summed E-state index contributed by atoms with van der Waals surface area (Å²) in [6, 6.07) is 0. The van der Waals surface area contributed by atoms with E-state index in [4.69, 9.17) is 0 Å². The molecule has 0 aromatic rings. The maximum atomic E-state index is 3.42. The van der Waals surface area contributed by atoms with Crippen LogP contribution in [0.1, 0.15) is 0 Å². The minimum absolute atomic E-state index is 0.968. The molecule has 4 heterocycles. The van der Waals surface area contributed by atoms with E-state index in [-0.39, 0.29) is 0 Å². The van der Waals surface area contributed by atoms with E-state index in [2.05, 4.69) is 34.5 Å². The van der Waals surface area contributed by atoms with Gasteiger partial charge in [0.1, 0.15) is 0 Å². The molecular formula is C14H28N4. The monoisotopic (exact) mass is 252 g/mol. The molecule has 4 aliphatic rings. The van der Waals surface area contributed by atoms with Crippen molar-refractivity contribution in [3.63, 3.8) is 0 Å². The van der Waals surface area contributed by atoms with Crippen LogP contribution in [0.3, 0.4) is 0 Å². The first-order chi connectivity index (χ1) is 8.72. The molecule has 0 aromatic heterocycles. The van der Waals surface area contributed by atoms with Gasteiger partial charge in [0.15, 0.2) is 0 Å². The Hall–Kier alpha value is -0.160. The first kappa shape index (κ1) is 12.9. The van der Waals surface area contributed by atoms with Crippen molar-refractivity contribution in [3.05, 3.63) is 0 Å². The first-order valence-electron chi connectivity index (χ1n) is 7.51. The zero-order valence-corrected chi connectivity index (χ0v) is 11.9. The second-order valence-corrected chi connectivity index (χ2v) is 6.80. The molecule has 4 heteroatoms. The lowest BCUT2D eigenvalue weighted by Gasteiger charge is -2.07. The van der Waals surface area contributed by atoms with Crippen molar-refractivity contribution < 1.29 is 0 Å². The van der Waals surface area contributed by atoms with E-state index in [9.17, 15) is 0 Å². The van der Waals surface area contributed by atoms with Crippen LogP contribution in [-0.2, 0) is 0 Å². The van der Waals surface area contributed by atoms with Gasteiger partial charge in [-0.3, -0.25) is 0 Å². The third-order valence-corrected chi connectivity index (χ3v) is 5.14. The molecule has 4 nitrogen and oxygen atoms in total. The molecule has 0 unspecified atom stereocenters. The van der Waals surface area contributed by atoms with Gasteiger partial charge in [0, 0.05) is 26.2 Å². The Morgan fingerprint density at radius 3 is 1.17 bits per heavy atom. The Bertz CT molecular complexity index is 231. The van der Waals surface area contributed by atoms with Gasteiger partial charge in [-0.25, -0.2) is 0 Å².